The Hall–Kier alpha value is -1.13. The molecule has 4 rings (SSSR count). The van der Waals surface area contributed by atoms with Crippen molar-refractivity contribution in [2.24, 2.45) is 11.8 Å². The van der Waals surface area contributed by atoms with E-state index < -0.39 is 0 Å². The van der Waals surface area contributed by atoms with E-state index in [1.807, 2.05) is 36.2 Å². The van der Waals surface area contributed by atoms with Crippen molar-refractivity contribution in [3.05, 3.63) is 46.5 Å². The lowest BCUT2D eigenvalue weighted by Crippen LogP contribution is -2.53. The maximum Gasteiger partial charge on any atom is 0.227 e. The summed E-state index contributed by atoms with van der Waals surface area (Å²) >= 11 is 3.45. The molecule has 0 N–H and O–H groups in total. The van der Waals surface area contributed by atoms with Crippen molar-refractivity contribution in [2.75, 3.05) is 20.1 Å². The van der Waals surface area contributed by atoms with Gasteiger partial charge in [-0.05, 0) is 48.8 Å². The number of amides is 1. The lowest BCUT2D eigenvalue weighted by molar-refractivity contribution is -0.132. The van der Waals surface area contributed by atoms with Gasteiger partial charge in [-0.15, -0.1) is 0 Å². The van der Waals surface area contributed by atoms with Crippen LogP contribution < -0.4 is 0 Å². The number of fused-ring (bicyclic) bond motifs is 1. The molecule has 1 aromatic carbocycles. The molecular weight excluding hydrogens is 364 g/mol. The summed E-state index contributed by atoms with van der Waals surface area (Å²) in [7, 11) is 1.99. The number of likely N-dealkylation sites (N-methyl/N-ethyl adjacent to an activating group) is 1. The Balaban J connectivity index is 1.42. The summed E-state index contributed by atoms with van der Waals surface area (Å²) in [6.45, 7) is 2.49. The molecule has 4 atom stereocenters. The Morgan fingerprint density at radius 3 is 2.54 bits per heavy atom. The van der Waals surface area contributed by atoms with E-state index in [1.165, 1.54) is 19.5 Å². The molecule has 4 heteroatoms. The van der Waals surface area contributed by atoms with Gasteiger partial charge in [-0.2, -0.15) is 0 Å². The molecule has 1 saturated heterocycles. The molecule has 3 nitrogen and oxygen atoms in total. The molecule has 0 radical (unpaired) electrons. The van der Waals surface area contributed by atoms with Gasteiger partial charge in [0.05, 0.1) is 12.5 Å². The number of nitrogens with zero attached hydrogens (tertiary/aromatic N) is 2. The Kier molecular flexibility index (Phi) is 4.52. The van der Waals surface area contributed by atoms with Crippen molar-refractivity contribution in [3.8, 4) is 0 Å². The zero-order chi connectivity index (χ0) is 16.7. The normalized spacial score (nSPS) is 31.8. The third-order valence-electron chi connectivity index (χ3n) is 6.00. The number of carbonyl (C=O) groups excluding carboxylic acids is 1. The van der Waals surface area contributed by atoms with Gasteiger partial charge in [0.1, 0.15) is 0 Å². The van der Waals surface area contributed by atoms with Crippen molar-refractivity contribution in [1.29, 1.82) is 0 Å². The lowest BCUT2D eigenvalue weighted by atomic mass is 9.92. The van der Waals surface area contributed by atoms with E-state index in [0.29, 0.717) is 18.5 Å². The number of hydrogen-bond donors (Lipinski definition) is 0. The van der Waals surface area contributed by atoms with Gasteiger partial charge in [0.15, 0.2) is 0 Å². The maximum absolute atomic E-state index is 12.8. The summed E-state index contributed by atoms with van der Waals surface area (Å²) in [5.74, 6) is 2.12. The first kappa shape index (κ1) is 16.3. The summed E-state index contributed by atoms with van der Waals surface area (Å²) in [4.78, 5) is 17.5. The second-order valence-corrected chi connectivity index (χ2v) is 8.51. The zero-order valence-corrected chi connectivity index (χ0v) is 15.8. The fourth-order valence-electron chi connectivity index (χ4n) is 4.39. The molecule has 0 aromatic heterocycles. The number of carbonyl (C=O) groups is 1. The van der Waals surface area contributed by atoms with Crippen molar-refractivity contribution in [1.82, 2.24) is 9.80 Å². The fourth-order valence-corrected chi connectivity index (χ4v) is 4.65. The number of hydrogen-bond acceptors (Lipinski definition) is 2. The highest BCUT2D eigenvalue weighted by molar-refractivity contribution is 9.10. The maximum atomic E-state index is 12.8. The second-order valence-electron chi connectivity index (χ2n) is 7.60. The van der Waals surface area contributed by atoms with Crippen LogP contribution in [0.2, 0.25) is 0 Å². The Morgan fingerprint density at radius 2 is 1.83 bits per heavy atom. The van der Waals surface area contributed by atoms with E-state index in [2.05, 4.69) is 33.0 Å². The number of benzene rings is 1. The summed E-state index contributed by atoms with van der Waals surface area (Å²) in [6, 6.07) is 8.89. The third-order valence-corrected chi connectivity index (χ3v) is 6.53. The molecule has 4 unspecified atom stereocenters. The molecule has 1 aromatic rings. The number of halogens is 1. The van der Waals surface area contributed by atoms with E-state index in [4.69, 9.17) is 0 Å². The molecule has 128 valence electrons. The van der Waals surface area contributed by atoms with E-state index in [0.717, 1.165) is 34.7 Å². The van der Waals surface area contributed by atoms with E-state index in [9.17, 15) is 4.79 Å². The van der Waals surface area contributed by atoms with E-state index >= 15 is 0 Å². The average molecular weight is 389 g/mol. The molecule has 2 aliphatic carbocycles. The van der Waals surface area contributed by atoms with E-state index in [-0.39, 0.29) is 5.91 Å². The summed E-state index contributed by atoms with van der Waals surface area (Å²) < 4.78 is 1.05. The summed E-state index contributed by atoms with van der Waals surface area (Å²) in [5, 5.41) is 0. The highest BCUT2D eigenvalue weighted by Crippen LogP contribution is 2.46. The number of piperidine rings is 1. The average Bonchev–Trinajstić information content (AvgIpc) is 3.22. The van der Waals surface area contributed by atoms with Crippen LogP contribution in [0.25, 0.3) is 0 Å². The number of rotatable bonds is 4. The molecule has 3 aliphatic rings. The first-order valence-corrected chi connectivity index (χ1v) is 9.80. The molecule has 1 saturated carbocycles. The number of likely N-dealkylation sites (tertiary alicyclic amines) is 1. The second kappa shape index (κ2) is 6.64. The fraction of sp³-hybridized carbons (Fsp3) is 0.550. The molecule has 1 heterocycles. The topological polar surface area (TPSA) is 23.6 Å². The monoisotopic (exact) mass is 388 g/mol. The molecule has 1 aliphatic heterocycles. The van der Waals surface area contributed by atoms with Gasteiger partial charge in [-0.25, -0.2) is 0 Å². The van der Waals surface area contributed by atoms with Crippen LogP contribution in [0, 0.1) is 11.8 Å². The molecule has 2 fully saturated rings. The minimum atomic E-state index is 0.229. The van der Waals surface area contributed by atoms with Crippen LogP contribution in [0.1, 0.15) is 24.8 Å². The quantitative estimate of drug-likeness (QED) is 0.737. The van der Waals surface area contributed by atoms with Gasteiger partial charge in [-0.3, -0.25) is 9.69 Å². The smallest absolute Gasteiger partial charge is 0.227 e. The zero-order valence-electron chi connectivity index (χ0n) is 14.2. The van der Waals surface area contributed by atoms with Crippen LogP contribution in [0.5, 0.6) is 0 Å². The lowest BCUT2D eigenvalue weighted by Gasteiger charge is -2.41. The van der Waals surface area contributed by atoms with Gasteiger partial charge in [0, 0.05) is 30.7 Å². The summed E-state index contributed by atoms with van der Waals surface area (Å²) in [6.07, 6.45) is 8.54. The van der Waals surface area contributed by atoms with Crippen LogP contribution in [-0.2, 0) is 11.2 Å². The predicted molar refractivity (Wildman–Crippen MR) is 99.7 cm³/mol. The van der Waals surface area contributed by atoms with Crippen LogP contribution in [-0.4, -0.2) is 47.9 Å². The largest absolute Gasteiger partial charge is 0.341 e. The van der Waals surface area contributed by atoms with Gasteiger partial charge in [-0.1, -0.05) is 40.2 Å². The first-order chi connectivity index (χ1) is 11.6. The molecule has 0 bridgehead atoms. The first-order valence-electron chi connectivity index (χ1n) is 9.01. The Morgan fingerprint density at radius 1 is 1.17 bits per heavy atom. The van der Waals surface area contributed by atoms with E-state index in [1.54, 1.807) is 0 Å². The minimum Gasteiger partial charge on any atom is -0.341 e. The summed E-state index contributed by atoms with van der Waals surface area (Å²) in [5.41, 5.74) is 1.08. The van der Waals surface area contributed by atoms with Gasteiger partial charge >= 0.3 is 0 Å². The third kappa shape index (κ3) is 3.31. The van der Waals surface area contributed by atoms with Crippen molar-refractivity contribution < 1.29 is 4.79 Å². The molecular formula is C20H25BrN2O. The minimum absolute atomic E-state index is 0.229. The van der Waals surface area contributed by atoms with Gasteiger partial charge < -0.3 is 4.90 Å². The standard InChI is InChI=1S/C20H25BrN2O/c1-22(20(24)10-14-6-8-17(21)9-7-14)18-4-2-3-5-19(18)23-12-15-11-16(15)13-23/h2-3,6-9,15-16,18-19H,4-5,10-13H2,1H3. The molecule has 24 heavy (non-hydrogen) atoms. The van der Waals surface area contributed by atoms with Crippen LogP contribution >= 0.6 is 15.9 Å². The van der Waals surface area contributed by atoms with Crippen LogP contribution in [0.4, 0.5) is 0 Å². The van der Waals surface area contributed by atoms with Crippen molar-refractivity contribution in [3.63, 3.8) is 0 Å². The SMILES string of the molecule is CN(C(=O)Cc1ccc(Br)cc1)C1CC=CCC1N1CC2CC2C1. The van der Waals surface area contributed by atoms with Crippen LogP contribution in [0.3, 0.4) is 0 Å². The predicted octanol–water partition coefficient (Wildman–Crippen LogP) is 3.49. The van der Waals surface area contributed by atoms with Crippen molar-refractivity contribution in [2.45, 2.75) is 37.8 Å². The highest BCUT2D eigenvalue weighted by Gasteiger charge is 2.48. The van der Waals surface area contributed by atoms with Crippen LogP contribution in [0.15, 0.2) is 40.9 Å². The van der Waals surface area contributed by atoms with Gasteiger partial charge in [0.25, 0.3) is 0 Å². The Bertz CT molecular complexity index is 632. The Labute approximate surface area is 152 Å². The molecule has 1 amide bonds. The van der Waals surface area contributed by atoms with Gasteiger partial charge in [0.2, 0.25) is 5.91 Å². The highest BCUT2D eigenvalue weighted by atomic mass is 79.9. The molecule has 0 spiro atoms. The van der Waals surface area contributed by atoms with Crippen molar-refractivity contribution >= 4 is 21.8 Å².